The molecule has 0 aliphatic carbocycles. The van der Waals surface area contributed by atoms with E-state index in [1.165, 1.54) is 0 Å². The van der Waals surface area contributed by atoms with Crippen LogP contribution in [0.15, 0.2) is 18.2 Å². The topological polar surface area (TPSA) is 66.6 Å². The van der Waals surface area contributed by atoms with Crippen LogP contribution in [0.3, 0.4) is 0 Å². The molecule has 1 aromatic rings. The molecule has 1 atom stereocenters. The van der Waals surface area contributed by atoms with Crippen molar-refractivity contribution in [1.29, 1.82) is 0 Å². The van der Waals surface area contributed by atoms with Gasteiger partial charge in [-0.2, -0.15) is 11.8 Å². The van der Waals surface area contributed by atoms with Gasteiger partial charge in [-0.3, -0.25) is 0 Å². The van der Waals surface area contributed by atoms with E-state index in [2.05, 4.69) is 4.90 Å². The first-order valence-corrected chi connectivity index (χ1v) is 6.68. The molecule has 1 aromatic carbocycles. The molecule has 1 aliphatic rings. The van der Waals surface area contributed by atoms with Crippen molar-refractivity contribution in [2.45, 2.75) is 12.5 Å². The molecular weight excluding hydrogens is 236 g/mol. The van der Waals surface area contributed by atoms with Crippen LogP contribution in [0.25, 0.3) is 0 Å². The first kappa shape index (κ1) is 12.1. The Labute approximate surface area is 105 Å². The number of nitrogens with zero attached hydrogens (tertiary/aromatic N) is 1. The number of carboxylic acids is 1. The zero-order chi connectivity index (χ0) is 12.4. The maximum Gasteiger partial charge on any atom is 0.335 e. The van der Waals surface area contributed by atoms with Crippen molar-refractivity contribution in [2.75, 3.05) is 29.2 Å². The van der Waals surface area contributed by atoms with Crippen molar-refractivity contribution >= 4 is 29.1 Å². The van der Waals surface area contributed by atoms with Gasteiger partial charge >= 0.3 is 5.97 Å². The Hall–Kier alpha value is -1.36. The SMILES string of the molecule is CN(c1cc(C(=O)O)ccc1N)C1CCSC1. The largest absolute Gasteiger partial charge is 0.478 e. The number of aromatic carboxylic acids is 1. The molecule has 0 spiro atoms. The average molecular weight is 252 g/mol. The van der Waals surface area contributed by atoms with Gasteiger partial charge in [-0.1, -0.05) is 0 Å². The fourth-order valence-electron chi connectivity index (χ4n) is 2.01. The Kier molecular flexibility index (Phi) is 3.47. The fraction of sp³-hybridized carbons (Fsp3) is 0.417. The molecule has 4 nitrogen and oxygen atoms in total. The molecule has 0 radical (unpaired) electrons. The third kappa shape index (κ3) is 2.49. The molecule has 1 fully saturated rings. The van der Waals surface area contributed by atoms with Crippen molar-refractivity contribution in [3.05, 3.63) is 23.8 Å². The van der Waals surface area contributed by atoms with Gasteiger partial charge in [-0.25, -0.2) is 4.79 Å². The molecule has 0 saturated carbocycles. The Bertz CT molecular complexity index is 431. The molecule has 0 amide bonds. The van der Waals surface area contributed by atoms with Crippen LogP contribution in [0.5, 0.6) is 0 Å². The summed E-state index contributed by atoms with van der Waals surface area (Å²) in [6.45, 7) is 0. The smallest absolute Gasteiger partial charge is 0.335 e. The van der Waals surface area contributed by atoms with E-state index in [1.807, 2.05) is 18.8 Å². The summed E-state index contributed by atoms with van der Waals surface area (Å²) in [6.07, 6.45) is 1.12. The van der Waals surface area contributed by atoms with Crippen LogP contribution in [-0.4, -0.2) is 35.7 Å². The van der Waals surface area contributed by atoms with Crippen molar-refractivity contribution < 1.29 is 9.90 Å². The minimum atomic E-state index is -0.916. The highest BCUT2D eigenvalue weighted by Gasteiger charge is 2.22. The third-order valence-electron chi connectivity index (χ3n) is 3.11. The summed E-state index contributed by atoms with van der Waals surface area (Å²) in [5.74, 6) is 1.32. The van der Waals surface area contributed by atoms with Crippen LogP contribution in [0.2, 0.25) is 0 Å². The van der Waals surface area contributed by atoms with Crippen LogP contribution < -0.4 is 10.6 Å². The quantitative estimate of drug-likeness (QED) is 0.804. The van der Waals surface area contributed by atoms with Gasteiger partial charge in [0, 0.05) is 18.8 Å². The zero-order valence-electron chi connectivity index (χ0n) is 9.72. The lowest BCUT2D eigenvalue weighted by molar-refractivity contribution is 0.0697. The van der Waals surface area contributed by atoms with E-state index >= 15 is 0 Å². The Balaban J connectivity index is 2.29. The summed E-state index contributed by atoms with van der Waals surface area (Å²) in [6, 6.07) is 5.31. The second-order valence-electron chi connectivity index (χ2n) is 4.21. The van der Waals surface area contributed by atoms with E-state index in [0.717, 1.165) is 23.6 Å². The molecule has 1 saturated heterocycles. The zero-order valence-corrected chi connectivity index (χ0v) is 10.5. The number of carboxylic acid groups (broad SMARTS) is 1. The minimum absolute atomic E-state index is 0.284. The van der Waals surface area contributed by atoms with E-state index in [-0.39, 0.29) is 5.56 Å². The van der Waals surface area contributed by atoms with Gasteiger partial charge in [0.2, 0.25) is 0 Å². The maximum absolute atomic E-state index is 10.9. The van der Waals surface area contributed by atoms with Gasteiger partial charge < -0.3 is 15.7 Å². The molecule has 5 heteroatoms. The lowest BCUT2D eigenvalue weighted by Gasteiger charge is -2.27. The molecule has 0 aromatic heterocycles. The predicted molar refractivity (Wildman–Crippen MR) is 71.9 cm³/mol. The number of hydrogen-bond donors (Lipinski definition) is 2. The average Bonchev–Trinajstić information content (AvgIpc) is 2.81. The number of hydrogen-bond acceptors (Lipinski definition) is 4. The molecule has 3 N–H and O–H groups in total. The molecule has 92 valence electrons. The Morgan fingerprint density at radius 1 is 1.59 bits per heavy atom. The van der Waals surface area contributed by atoms with E-state index in [0.29, 0.717) is 11.7 Å². The summed E-state index contributed by atoms with van der Waals surface area (Å²) < 4.78 is 0. The normalized spacial score (nSPS) is 19.2. The van der Waals surface area contributed by atoms with Gasteiger partial charge in [-0.05, 0) is 30.4 Å². The van der Waals surface area contributed by atoms with Crippen molar-refractivity contribution in [3.63, 3.8) is 0 Å². The second-order valence-corrected chi connectivity index (χ2v) is 5.36. The summed E-state index contributed by atoms with van der Waals surface area (Å²) >= 11 is 1.92. The molecule has 17 heavy (non-hydrogen) atoms. The highest BCUT2D eigenvalue weighted by molar-refractivity contribution is 7.99. The third-order valence-corrected chi connectivity index (χ3v) is 4.26. The predicted octanol–water partition coefficient (Wildman–Crippen LogP) is 1.91. The van der Waals surface area contributed by atoms with Gasteiger partial charge in [0.15, 0.2) is 0 Å². The van der Waals surface area contributed by atoms with Crippen LogP contribution in [0, 0.1) is 0 Å². The van der Waals surface area contributed by atoms with E-state index in [1.54, 1.807) is 18.2 Å². The number of benzene rings is 1. The van der Waals surface area contributed by atoms with Crippen LogP contribution in [0.4, 0.5) is 11.4 Å². The molecular formula is C12H16N2O2S. The van der Waals surface area contributed by atoms with E-state index in [9.17, 15) is 4.79 Å². The lowest BCUT2D eigenvalue weighted by atomic mass is 10.1. The summed E-state index contributed by atoms with van der Waals surface area (Å²) in [5.41, 5.74) is 7.65. The number of rotatable bonds is 3. The lowest BCUT2D eigenvalue weighted by Crippen LogP contribution is -2.32. The standard InChI is InChI=1S/C12H16N2O2S/c1-14(9-4-5-17-7-9)11-6-8(12(15)16)2-3-10(11)13/h2-3,6,9H,4-5,7,13H2,1H3,(H,15,16). The number of anilines is 2. The second kappa shape index (κ2) is 4.87. The van der Waals surface area contributed by atoms with E-state index < -0.39 is 5.97 Å². The molecule has 0 bridgehead atoms. The van der Waals surface area contributed by atoms with E-state index in [4.69, 9.17) is 10.8 Å². The molecule has 2 rings (SSSR count). The summed E-state index contributed by atoms with van der Waals surface area (Å²) in [7, 11) is 1.98. The molecule has 1 heterocycles. The number of nitrogens with two attached hydrogens (primary N) is 1. The van der Waals surface area contributed by atoms with Crippen LogP contribution in [0.1, 0.15) is 16.8 Å². The Morgan fingerprint density at radius 2 is 2.35 bits per heavy atom. The van der Waals surface area contributed by atoms with Gasteiger partial charge in [0.05, 0.1) is 16.9 Å². The van der Waals surface area contributed by atoms with Gasteiger partial charge in [0.25, 0.3) is 0 Å². The molecule has 1 aliphatic heterocycles. The number of nitrogen functional groups attached to an aromatic ring is 1. The first-order chi connectivity index (χ1) is 8.09. The van der Waals surface area contributed by atoms with Crippen molar-refractivity contribution in [2.24, 2.45) is 0 Å². The molecule has 1 unspecified atom stereocenters. The highest BCUT2D eigenvalue weighted by atomic mass is 32.2. The van der Waals surface area contributed by atoms with Crippen LogP contribution in [-0.2, 0) is 0 Å². The van der Waals surface area contributed by atoms with Gasteiger partial charge in [0.1, 0.15) is 0 Å². The number of carbonyl (C=O) groups is 1. The highest BCUT2D eigenvalue weighted by Crippen LogP contribution is 2.30. The van der Waals surface area contributed by atoms with Gasteiger partial charge in [-0.15, -0.1) is 0 Å². The van der Waals surface area contributed by atoms with Crippen molar-refractivity contribution in [1.82, 2.24) is 0 Å². The minimum Gasteiger partial charge on any atom is -0.478 e. The summed E-state index contributed by atoms with van der Waals surface area (Å²) in [4.78, 5) is 13.0. The Morgan fingerprint density at radius 3 is 2.94 bits per heavy atom. The van der Waals surface area contributed by atoms with Crippen LogP contribution >= 0.6 is 11.8 Å². The summed E-state index contributed by atoms with van der Waals surface area (Å²) in [5, 5.41) is 8.98. The first-order valence-electron chi connectivity index (χ1n) is 5.53. The maximum atomic E-state index is 10.9. The van der Waals surface area contributed by atoms with Crippen molar-refractivity contribution in [3.8, 4) is 0 Å². The fourth-order valence-corrected chi connectivity index (χ4v) is 3.27. The monoisotopic (exact) mass is 252 g/mol. The number of thioether (sulfide) groups is 1.